The van der Waals surface area contributed by atoms with Gasteiger partial charge in [-0.3, -0.25) is 4.79 Å². The van der Waals surface area contributed by atoms with Gasteiger partial charge in [0, 0.05) is 13.7 Å². The van der Waals surface area contributed by atoms with Crippen LogP contribution in [0.1, 0.15) is 18.4 Å². The highest BCUT2D eigenvalue weighted by Crippen LogP contribution is 2.15. The van der Waals surface area contributed by atoms with Gasteiger partial charge >= 0.3 is 0 Å². The molecule has 0 aliphatic heterocycles. The molecule has 0 bridgehead atoms. The van der Waals surface area contributed by atoms with Gasteiger partial charge in [0.2, 0.25) is 11.0 Å². The quantitative estimate of drug-likeness (QED) is 0.727. The third-order valence-corrected chi connectivity index (χ3v) is 2.47. The number of anilines is 1. The maximum atomic E-state index is 11.4. The SMILES string of the molecule is CCOCCC(=O)Nc1nnc(COC)s1. The summed E-state index contributed by atoms with van der Waals surface area (Å²) in [6, 6.07) is 0. The van der Waals surface area contributed by atoms with Crippen molar-refractivity contribution < 1.29 is 14.3 Å². The molecule has 90 valence electrons. The Bertz CT molecular complexity index is 330. The van der Waals surface area contributed by atoms with Crippen molar-refractivity contribution in [1.82, 2.24) is 10.2 Å². The second kappa shape index (κ2) is 7.26. The van der Waals surface area contributed by atoms with Crippen LogP contribution in [0.5, 0.6) is 0 Å². The van der Waals surface area contributed by atoms with Crippen molar-refractivity contribution in [1.29, 1.82) is 0 Å². The fraction of sp³-hybridized carbons (Fsp3) is 0.667. The number of amides is 1. The fourth-order valence-electron chi connectivity index (χ4n) is 0.977. The Kier molecular flexibility index (Phi) is 5.91. The number of rotatable bonds is 7. The van der Waals surface area contributed by atoms with E-state index in [9.17, 15) is 4.79 Å². The first-order valence-corrected chi connectivity index (χ1v) is 5.76. The van der Waals surface area contributed by atoms with E-state index >= 15 is 0 Å². The molecule has 1 heterocycles. The van der Waals surface area contributed by atoms with Gasteiger partial charge in [0.05, 0.1) is 13.0 Å². The highest BCUT2D eigenvalue weighted by atomic mass is 32.1. The van der Waals surface area contributed by atoms with Crippen LogP contribution < -0.4 is 5.32 Å². The van der Waals surface area contributed by atoms with Gasteiger partial charge in [-0.05, 0) is 6.92 Å². The minimum absolute atomic E-state index is 0.117. The molecule has 1 N–H and O–H groups in total. The van der Waals surface area contributed by atoms with E-state index in [4.69, 9.17) is 9.47 Å². The number of carbonyl (C=O) groups excluding carboxylic acids is 1. The monoisotopic (exact) mass is 245 g/mol. The maximum Gasteiger partial charge on any atom is 0.228 e. The normalized spacial score (nSPS) is 10.4. The highest BCUT2D eigenvalue weighted by Gasteiger charge is 2.07. The summed E-state index contributed by atoms with van der Waals surface area (Å²) in [7, 11) is 1.59. The second-order valence-electron chi connectivity index (χ2n) is 2.93. The Hall–Kier alpha value is -1.05. The predicted octanol–water partition coefficient (Wildman–Crippen LogP) is 1.05. The van der Waals surface area contributed by atoms with E-state index in [1.54, 1.807) is 7.11 Å². The van der Waals surface area contributed by atoms with Crippen LogP contribution in [0.15, 0.2) is 0 Å². The van der Waals surface area contributed by atoms with E-state index in [1.165, 1.54) is 11.3 Å². The van der Waals surface area contributed by atoms with Gasteiger partial charge in [-0.2, -0.15) is 0 Å². The van der Waals surface area contributed by atoms with Crippen molar-refractivity contribution in [3.05, 3.63) is 5.01 Å². The van der Waals surface area contributed by atoms with Crippen LogP contribution in [0.25, 0.3) is 0 Å². The summed E-state index contributed by atoms with van der Waals surface area (Å²) in [6.07, 6.45) is 0.326. The smallest absolute Gasteiger partial charge is 0.228 e. The Morgan fingerprint density at radius 2 is 2.31 bits per heavy atom. The van der Waals surface area contributed by atoms with Gasteiger partial charge in [0.15, 0.2) is 0 Å². The summed E-state index contributed by atoms with van der Waals surface area (Å²) >= 11 is 1.31. The van der Waals surface area contributed by atoms with Crippen molar-refractivity contribution >= 4 is 22.4 Å². The summed E-state index contributed by atoms with van der Waals surface area (Å²) in [4.78, 5) is 11.4. The van der Waals surface area contributed by atoms with Crippen LogP contribution in [-0.2, 0) is 20.9 Å². The van der Waals surface area contributed by atoms with Crippen LogP contribution in [-0.4, -0.2) is 36.4 Å². The molecule has 0 saturated carbocycles. The number of ether oxygens (including phenoxy) is 2. The largest absolute Gasteiger partial charge is 0.381 e. The molecular weight excluding hydrogens is 230 g/mol. The first-order chi connectivity index (χ1) is 7.76. The van der Waals surface area contributed by atoms with Crippen molar-refractivity contribution in [2.75, 3.05) is 25.6 Å². The summed E-state index contributed by atoms with van der Waals surface area (Å²) in [5.74, 6) is -0.117. The van der Waals surface area contributed by atoms with Gasteiger partial charge in [-0.1, -0.05) is 11.3 Å². The average molecular weight is 245 g/mol. The molecule has 0 atom stereocenters. The first kappa shape index (κ1) is 13.0. The number of hydrogen-bond donors (Lipinski definition) is 1. The molecule has 6 nitrogen and oxygen atoms in total. The highest BCUT2D eigenvalue weighted by molar-refractivity contribution is 7.15. The number of methoxy groups -OCH3 is 1. The number of hydrogen-bond acceptors (Lipinski definition) is 6. The number of nitrogens with zero attached hydrogens (tertiary/aromatic N) is 2. The summed E-state index contributed by atoms with van der Waals surface area (Å²) in [6.45, 7) is 3.34. The van der Waals surface area contributed by atoms with E-state index in [-0.39, 0.29) is 5.91 Å². The van der Waals surface area contributed by atoms with Crippen LogP contribution in [0.3, 0.4) is 0 Å². The first-order valence-electron chi connectivity index (χ1n) is 4.95. The summed E-state index contributed by atoms with van der Waals surface area (Å²) in [5.41, 5.74) is 0. The molecule has 0 aliphatic carbocycles. The molecule has 0 unspecified atom stereocenters. The van der Waals surface area contributed by atoms with E-state index in [1.807, 2.05) is 6.92 Å². The number of carbonyl (C=O) groups is 1. The number of nitrogens with one attached hydrogen (secondary N) is 1. The van der Waals surface area contributed by atoms with Crippen LogP contribution in [0.4, 0.5) is 5.13 Å². The molecule has 0 fully saturated rings. The molecule has 7 heteroatoms. The van der Waals surface area contributed by atoms with Crippen LogP contribution >= 0.6 is 11.3 Å². The van der Waals surface area contributed by atoms with Crippen LogP contribution in [0, 0.1) is 0 Å². The lowest BCUT2D eigenvalue weighted by Gasteiger charge is -2.00. The molecule has 0 radical (unpaired) electrons. The zero-order chi connectivity index (χ0) is 11.8. The maximum absolute atomic E-state index is 11.4. The third-order valence-electron chi connectivity index (χ3n) is 1.66. The molecule has 0 aliphatic rings. The Morgan fingerprint density at radius 3 is 3.00 bits per heavy atom. The number of aromatic nitrogens is 2. The lowest BCUT2D eigenvalue weighted by atomic mass is 10.4. The van der Waals surface area contributed by atoms with E-state index < -0.39 is 0 Å². The Balaban J connectivity index is 2.31. The van der Waals surface area contributed by atoms with Crippen molar-refractivity contribution in [3.8, 4) is 0 Å². The molecule has 1 aromatic heterocycles. The molecular formula is C9H15N3O3S. The zero-order valence-electron chi connectivity index (χ0n) is 9.36. The predicted molar refractivity (Wildman–Crippen MR) is 60.4 cm³/mol. The van der Waals surface area contributed by atoms with E-state index in [0.29, 0.717) is 31.4 Å². The summed E-state index contributed by atoms with van der Waals surface area (Å²) in [5, 5.41) is 11.6. The molecule has 1 rings (SSSR count). The lowest BCUT2D eigenvalue weighted by molar-refractivity contribution is -0.117. The van der Waals surface area contributed by atoms with Crippen LogP contribution in [0.2, 0.25) is 0 Å². The molecule has 1 amide bonds. The average Bonchev–Trinajstić information content (AvgIpc) is 2.66. The minimum atomic E-state index is -0.117. The van der Waals surface area contributed by atoms with Gasteiger partial charge in [0.1, 0.15) is 11.6 Å². The lowest BCUT2D eigenvalue weighted by Crippen LogP contribution is -2.13. The van der Waals surface area contributed by atoms with Gasteiger partial charge < -0.3 is 14.8 Å². The Labute approximate surface area is 98.0 Å². The second-order valence-corrected chi connectivity index (χ2v) is 3.99. The fourth-order valence-corrected chi connectivity index (χ4v) is 1.71. The standard InChI is InChI=1S/C9H15N3O3S/c1-3-15-5-4-7(13)10-9-12-11-8(16-9)6-14-2/h3-6H2,1-2H3,(H,10,12,13). The van der Waals surface area contributed by atoms with E-state index in [0.717, 1.165) is 5.01 Å². The van der Waals surface area contributed by atoms with Gasteiger partial charge in [-0.15, -0.1) is 10.2 Å². The van der Waals surface area contributed by atoms with E-state index in [2.05, 4.69) is 15.5 Å². The molecule has 0 spiro atoms. The van der Waals surface area contributed by atoms with Crippen molar-refractivity contribution in [2.45, 2.75) is 20.0 Å². The Morgan fingerprint density at radius 1 is 1.50 bits per heavy atom. The summed E-state index contributed by atoms with van der Waals surface area (Å²) < 4.78 is 9.97. The molecule has 0 aromatic carbocycles. The molecule has 1 aromatic rings. The van der Waals surface area contributed by atoms with Crippen molar-refractivity contribution in [3.63, 3.8) is 0 Å². The van der Waals surface area contributed by atoms with Crippen molar-refractivity contribution in [2.24, 2.45) is 0 Å². The molecule has 16 heavy (non-hydrogen) atoms. The zero-order valence-corrected chi connectivity index (χ0v) is 10.2. The minimum Gasteiger partial charge on any atom is -0.381 e. The topological polar surface area (TPSA) is 73.3 Å². The van der Waals surface area contributed by atoms with Gasteiger partial charge in [-0.25, -0.2) is 0 Å². The molecule has 0 saturated heterocycles. The third kappa shape index (κ3) is 4.65. The van der Waals surface area contributed by atoms with Gasteiger partial charge in [0.25, 0.3) is 0 Å².